The average Bonchev–Trinajstić information content (AvgIpc) is 2.97. The summed E-state index contributed by atoms with van der Waals surface area (Å²) in [6, 6.07) is 1.85. The Hall–Kier alpha value is -1.08. The Morgan fingerprint density at radius 2 is 2.21 bits per heavy atom. The standard InChI is InChI=1S/C12H18N4OS2/c1-9-7-10(15(2)14-9)13-11(17)8-19-12(18)16-5-3-4-6-16/h7H,3-6,8H2,1-2H3,(H,13,17). The van der Waals surface area contributed by atoms with Crippen molar-refractivity contribution in [2.45, 2.75) is 19.8 Å². The number of rotatable bonds is 3. The molecule has 0 atom stereocenters. The molecule has 0 saturated carbocycles. The van der Waals surface area contributed by atoms with Crippen LogP contribution in [-0.2, 0) is 11.8 Å². The first-order chi connectivity index (χ1) is 9.06. The number of hydrogen-bond acceptors (Lipinski definition) is 4. The maximum absolute atomic E-state index is 11.8. The molecule has 19 heavy (non-hydrogen) atoms. The fourth-order valence-electron chi connectivity index (χ4n) is 2.02. The van der Waals surface area contributed by atoms with Crippen LogP contribution in [0.5, 0.6) is 0 Å². The number of thiocarbonyl (C=S) groups is 1. The lowest BCUT2D eigenvalue weighted by atomic mass is 10.4. The molecule has 0 bridgehead atoms. The van der Waals surface area contributed by atoms with Gasteiger partial charge in [-0.1, -0.05) is 24.0 Å². The molecule has 0 aliphatic carbocycles. The van der Waals surface area contributed by atoms with Crippen molar-refractivity contribution in [1.29, 1.82) is 0 Å². The van der Waals surface area contributed by atoms with Crippen LogP contribution in [0.4, 0.5) is 5.82 Å². The summed E-state index contributed by atoms with van der Waals surface area (Å²) in [6.45, 7) is 3.94. The number of hydrogen-bond donors (Lipinski definition) is 1. The van der Waals surface area contributed by atoms with E-state index in [1.807, 2.05) is 20.0 Å². The fraction of sp³-hybridized carbons (Fsp3) is 0.583. The van der Waals surface area contributed by atoms with E-state index < -0.39 is 0 Å². The van der Waals surface area contributed by atoms with Gasteiger partial charge >= 0.3 is 0 Å². The SMILES string of the molecule is Cc1cc(NC(=O)CSC(=S)N2CCCC2)n(C)n1. The van der Waals surface area contributed by atoms with Crippen LogP contribution in [0.1, 0.15) is 18.5 Å². The molecular formula is C12H18N4OS2. The minimum absolute atomic E-state index is 0.0467. The Kier molecular flexibility index (Phi) is 4.81. The van der Waals surface area contributed by atoms with Gasteiger partial charge in [-0.25, -0.2) is 0 Å². The van der Waals surface area contributed by atoms with Gasteiger partial charge in [0.05, 0.1) is 11.4 Å². The van der Waals surface area contributed by atoms with Gasteiger partial charge in [-0.2, -0.15) is 5.10 Å². The van der Waals surface area contributed by atoms with Crippen LogP contribution >= 0.6 is 24.0 Å². The molecule has 1 fully saturated rings. The van der Waals surface area contributed by atoms with E-state index in [4.69, 9.17) is 12.2 Å². The average molecular weight is 298 g/mol. The van der Waals surface area contributed by atoms with Gasteiger partial charge in [-0.15, -0.1) is 0 Å². The highest BCUT2D eigenvalue weighted by Gasteiger charge is 2.16. The largest absolute Gasteiger partial charge is 0.358 e. The molecule has 1 aromatic rings. The molecule has 104 valence electrons. The van der Waals surface area contributed by atoms with Crippen molar-refractivity contribution in [3.05, 3.63) is 11.8 Å². The monoisotopic (exact) mass is 298 g/mol. The maximum atomic E-state index is 11.8. The molecule has 5 nitrogen and oxygen atoms in total. The van der Waals surface area contributed by atoms with E-state index in [1.165, 1.54) is 24.6 Å². The molecular weight excluding hydrogens is 280 g/mol. The number of thioether (sulfide) groups is 1. The van der Waals surface area contributed by atoms with Gasteiger partial charge in [0.25, 0.3) is 0 Å². The normalized spacial score (nSPS) is 14.7. The van der Waals surface area contributed by atoms with E-state index >= 15 is 0 Å². The third-order valence-corrected chi connectivity index (χ3v) is 4.48. The number of carbonyl (C=O) groups is 1. The van der Waals surface area contributed by atoms with Crippen molar-refractivity contribution in [2.24, 2.45) is 7.05 Å². The van der Waals surface area contributed by atoms with Crippen LogP contribution in [0.2, 0.25) is 0 Å². The number of aryl methyl sites for hydroxylation is 2. The molecule has 0 spiro atoms. The summed E-state index contributed by atoms with van der Waals surface area (Å²) in [6.07, 6.45) is 2.39. The molecule has 2 heterocycles. The van der Waals surface area contributed by atoms with Gasteiger partial charge in [0.2, 0.25) is 5.91 Å². The zero-order valence-corrected chi connectivity index (χ0v) is 12.8. The first kappa shape index (κ1) is 14.3. The summed E-state index contributed by atoms with van der Waals surface area (Å²) in [5, 5.41) is 7.02. The van der Waals surface area contributed by atoms with E-state index in [0.29, 0.717) is 5.75 Å². The van der Waals surface area contributed by atoms with E-state index in [1.54, 1.807) is 4.68 Å². The number of likely N-dealkylation sites (tertiary alicyclic amines) is 1. The van der Waals surface area contributed by atoms with E-state index in [2.05, 4.69) is 15.3 Å². The number of carbonyl (C=O) groups excluding carboxylic acids is 1. The van der Waals surface area contributed by atoms with Crippen LogP contribution < -0.4 is 5.32 Å². The molecule has 1 aromatic heterocycles. The van der Waals surface area contributed by atoms with Gasteiger partial charge in [-0.05, 0) is 19.8 Å². The van der Waals surface area contributed by atoms with E-state index in [0.717, 1.165) is 28.9 Å². The van der Waals surface area contributed by atoms with Crippen LogP contribution in [-0.4, -0.2) is 43.8 Å². The lowest BCUT2D eigenvalue weighted by Crippen LogP contribution is -2.25. The van der Waals surface area contributed by atoms with Gasteiger partial charge in [-0.3, -0.25) is 9.48 Å². The number of nitrogens with zero attached hydrogens (tertiary/aromatic N) is 3. The summed E-state index contributed by atoms with van der Waals surface area (Å²) in [5.41, 5.74) is 0.887. The third kappa shape index (κ3) is 3.94. The maximum Gasteiger partial charge on any atom is 0.235 e. The minimum Gasteiger partial charge on any atom is -0.358 e. The van der Waals surface area contributed by atoms with Crippen molar-refractivity contribution in [2.75, 3.05) is 24.2 Å². The lowest BCUT2D eigenvalue weighted by Gasteiger charge is -2.17. The topological polar surface area (TPSA) is 50.2 Å². The highest BCUT2D eigenvalue weighted by molar-refractivity contribution is 8.23. The fourth-order valence-corrected chi connectivity index (χ4v) is 3.08. The Morgan fingerprint density at radius 1 is 1.53 bits per heavy atom. The molecule has 1 saturated heterocycles. The predicted octanol–water partition coefficient (Wildman–Crippen LogP) is 1.78. The number of aromatic nitrogens is 2. The van der Waals surface area contributed by atoms with Crippen LogP contribution in [0.25, 0.3) is 0 Å². The molecule has 2 rings (SSSR count). The van der Waals surface area contributed by atoms with Crippen molar-refractivity contribution in [1.82, 2.24) is 14.7 Å². The Labute approximate surface area is 122 Å². The van der Waals surface area contributed by atoms with Gasteiger partial charge in [0.1, 0.15) is 10.1 Å². The van der Waals surface area contributed by atoms with Crippen molar-refractivity contribution in [3.63, 3.8) is 0 Å². The Balaban J connectivity index is 1.78. The molecule has 0 aromatic carbocycles. The van der Waals surface area contributed by atoms with Crippen molar-refractivity contribution in [3.8, 4) is 0 Å². The second-order valence-corrected chi connectivity index (χ2v) is 6.20. The molecule has 0 radical (unpaired) electrons. The summed E-state index contributed by atoms with van der Waals surface area (Å²) in [4.78, 5) is 14.0. The summed E-state index contributed by atoms with van der Waals surface area (Å²) >= 11 is 6.75. The van der Waals surface area contributed by atoms with Crippen molar-refractivity contribution < 1.29 is 4.79 Å². The smallest absolute Gasteiger partial charge is 0.235 e. The zero-order valence-electron chi connectivity index (χ0n) is 11.2. The summed E-state index contributed by atoms with van der Waals surface area (Å²) in [7, 11) is 1.81. The first-order valence-electron chi connectivity index (χ1n) is 6.28. The second kappa shape index (κ2) is 6.38. The number of nitrogens with one attached hydrogen (secondary N) is 1. The van der Waals surface area contributed by atoms with Crippen LogP contribution in [0.3, 0.4) is 0 Å². The minimum atomic E-state index is -0.0467. The van der Waals surface area contributed by atoms with Gasteiger partial charge in [0, 0.05) is 26.2 Å². The van der Waals surface area contributed by atoms with E-state index in [9.17, 15) is 4.79 Å². The first-order valence-corrected chi connectivity index (χ1v) is 7.68. The molecule has 1 N–H and O–H groups in total. The zero-order chi connectivity index (χ0) is 13.8. The quantitative estimate of drug-likeness (QED) is 0.862. The molecule has 1 amide bonds. The summed E-state index contributed by atoms with van der Waals surface area (Å²) < 4.78 is 2.49. The van der Waals surface area contributed by atoms with Gasteiger partial charge < -0.3 is 10.2 Å². The van der Waals surface area contributed by atoms with Crippen molar-refractivity contribution >= 4 is 40.0 Å². The molecule has 1 aliphatic rings. The molecule has 0 unspecified atom stereocenters. The molecule has 7 heteroatoms. The second-order valence-electron chi connectivity index (χ2n) is 4.59. The Morgan fingerprint density at radius 3 is 2.79 bits per heavy atom. The highest BCUT2D eigenvalue weighted by Crippen LogP contribution is 2.16. The number of amides is 1. The van der Waals surface area contributed by atoms with Crippen LogP contribution in [0.15, 0.2) is 6.07 Å². The summed E-state index contributed by atoms with van der Waals surface area (Å²) in [5.74, 6) is 1.02. The molecule has 1 aliphatic heterocycles. The third-order valence-electron chi connectivity index (χ3n) is 2.96. The van der Waals surface area contributed by atoms with E-state index in [-0.39, 0.29) is 5.91 Å². The predicted molar refractivity (Wildman–Crippen MR) is 82.4 cm³/mol. The number of anilines is 1. The van der Waals surface area contributed by atoms with Crippen LogP contribution in [0, 0.1) is 6.92 Å². The highest BCUT2D eigenvalue weighted by atomic mass is 32.2. The lowest BCUT2D eigenvalue weighted by molar-refractivity contribution is -0.113. The Bertz CT molecular complexity index is 480. The van der Waals surface area contributed by atoms with Gasteiger partial charge in [0.15, 0.2) is 0 Å².